The minimum Gasteiger partial charge on any atom is -0.494 e. The molecule has 18 heavy (non-hydrogen) atoms. The van der Waals surface area contributed by atoms with E-state index in [0.717, 1.165) is 12.1 Å². The summed E-state index contributed by atoms with van der Waals surface area (Å²) in [5.41, 5.74) is -3.60. The van der Waals surface area contributed by atoms with Gasteiger partial charge in [0.2, 0.25) is 0 Å². The minimum absolute atomic E-state index is 0.201. The summed E-state index contributed by atoms with van der Waals surface area (Å²) in [7, 11) is 1.18. The molecule has 0 saturated carbocycles. The van der Waals surface area contributed by atoms with Crippen molar-refractivity contribution in [3.8, 4) is 5.75 Å². The monoisotopic (exact) mass is 264 g/mol. The summed E-state index contributed by atoms with van der Waals surface area (Å²) in [5, 5.41) is 18.0. The van der Waals surface area contributed by atoms with Crippen LogP contribution in [0.3, 0.4) is 0 Å². The fourth-order valence-electron chi connectivity index (χ4n) is 1.36. The average molecular weight is 264 g/mol. The topological polar surface area (TPSA) is 66.8 Å². The van der Waals surface area contributed by atoms with Crippen LogP contribution in [0, 0.1) is 5.82 Å². The molecule has 4 nitrogen and oxygen atoms in total. The van der Waals surface area contributed by atoms with E-state index in [1.807, 2.05) is 0 Å². The van der Waals surface area contributed by atoms with Gasteiger partial charge in [0, 0.05) is 0 Å². The molecule has 1 unspecified atom stereocenters. The Hall–Kier alpha value is -1.76. The second kappa shape index (κ2) is 4.49. The van der Waals surface area contributed by atoms with Crippen molar-refractivity contribution < 1.29 is 32.9 Å². The molecule has 1 rings (SSSR count). The zero-order valence-electron chi connectivity index (χ0n) is 9.58. The number of aliphatic carboxylic acids is 1. The molecule has 0 aliphatic carbocycles. The maximum atomic E-state index is 13.3. The zero-order valence-corrected chi connectivity index (χ0v) is 9.58. The summed E-state index contributed by atoms with van der Waals surface area (Å²) in [6.07, 6.45) is 0. The first-order valence-corrected chi connectivity index (χ1v) is 4.82. The molecule has 0 aliphatic heterocycles. The van der Waals surface area contributed by atoms with Gasteiger partial charge in [-0.15, -0.1) is 0 Å². The van der Waals surface area contributed by atoms with Crippen LogP contribution in [0.5, 0.6) is 5.75 Å². The van der Waals surface area contributed by atoms with Gasteiger partial charge in [-0.3, -0.25) is 0 Å². The molecular weight excluding hydrogens is 253 g/mol. The number of methoxy groups -OCH3 is 1. The van der Waals surface area contributed by atoms with Crippen molar-refractivity contribution in [2.45, 2.75) is 18.4 Å². The lowest BCUT2D eigenvalue weighted by molar-refractivity contribution is -0.207. The van der Waals surface area contributed by atoms with E-state index in [0.29, 0.717) is 13.0 Å². The maximum Gasteiger partial charge on any atom is 0.378 e. The average Bonchev–Trinajstić information content (AvgIpc) is 2.28. The number of aliphatic hydroxyl groups is 1. The van der Waals surface area contributed by atoms with E-state index in [-0.39, 0.29) is 5.75 Å². The van der Waals surface area contributed by atoms with E-state index < -0.39 is 28.9 Å². The predicted octanol–water partition coefficient (Wildman–Crippen LogP) is 1.76. The number of ether oxygens (including phenoxy) is 1. The first-order chi connectivity index (χ1) is 8.14. The van der Waals surface area contributed by atoms with Gasteiger partial charge < -0.3 is 14.9 Å². The van der Waals surface area contributed by atoms with Crippen LogP contribution < -0.4 is 4.74 Å². The molecule has 2 N–H and O–H groups in total. The van der Waals surface area contributed by atoms with E-state index in [2.05, 4.69) is 4.74 Å². The first-order valence-electron chi connectivity index (χ1n) is 4.82. The lowest BCUT2D eigenvalue weighted by Gasteiger charge is -2.29. The molecule has 0 aromatic heterocycles. The van der Waals surface area contributed by atoms with Crippen LogP contribution in [-0.4, -0.2) is 29.2 Å². The van der Waals surface area contributed by atoms with Gasteiger partial charge >= 0.3 is 11.9 Å². The predicted molar refractivity (Wildman–Crippen MR) is 55.1 cm³/mol. The largest absolute Gasteiger partial charge is 0.494 e. The Morgan fingerprint density at radius 3 is 2.33 bits per heavy atom. The molecule has 1 aromatic rings. The molecule has 0 saturated heterocycles. The third-order valence-corrected chi connectivity index (χ3v) is 2.59. The van der Waals surface area contributed by atoms with Crippen LogP contribution in [-0.2, 0) is 10.4 Å². The van der Waals surface area contributed by atoms with Crippen LogP contribution >= 0.6 is 0 Å². The van der Waals surface area contributed by atoms with Crippen molar-refractivity contribution in [1.29, 1.82) is 0 Å². The number of hydrogen-bond donors (Lipinski definition) is 2. The zero-order chi connectivity index (χ0) is 14.1. The number of alkyl halides is 2. The highest BCUT2D eigenvalue weighted by molar-refractivity contribution is 5.77. The van der Waals surface area contributed by atoms with Crippen molar-refractivity contribution in [2.75, 3.05) is 7.11 Å². The van der Waals surface area contributed by atoms with Crippen LogP contribution in [0.4, 0.5) is 13.2 Å². The lowest BCUT2D eigenvalue weighted by Crippen LogP contribution is -2.48. The highest BCUT2D eigenvalue weighted by atomic mass is 19.3. The fraction of sp³-hybridized carbons (Fsp3) is 0.364. The summed E-state index contributed by atoms with van der Waals surface area (Å²) in [4.78, 5) is 10.4. The van der Waals surface area contributed by atoms with Gasteiger partial charge in [-0.05, 0) is 24.6 Å². The van der Waals surface area contributed by atoms with Crippen LogP contribution in [0.2, 0.25) is 0 Å². The molecule has 1 aromatic carbocycles. The van der Waals surface area contributed by atoms with E-state index in [1.165, 1.54) is 7.11 Å². The van der Waals surface area contributed by atoms with Crippen molar-refractivity contribution in [3.05, 3.63) is 29.6 Å². The molecule has 0 radical (unpaired) electrons. The Kier molecular flexibility index (Phi) is 3.57. The SMILES string of the molecule is COc1ccc(C(C)(O)C(F)(F)C(=O)O)cc1F. The standard InChI is InChI=1S/C11H11F3O4/c1-10(17,11(13,14)9(15)16)6-3-4-8(18-2)7(12)5-6/h3-5,17H,1-2H3,(H,15,16). The van der Waals surface area contributed by atoms with Gasteiger partial charge in [0.25, 0.3) is 0 Å². The molecule has 0 heterocycles. The molecular formula is C11H11F3O4. The fourth-order valence-corrected chi connectivity index (χ4v) is 1.36. The van der Waals surface area contributed by atoms with E-state index in [9.17, 15) is 23.1 Å². The number of carboxylic acids is 1. The van der Waals surface area contributed by atoms with Gasteiger partial charge in [-0.25, -0.2) is 9.18 Å². The quantitative estimate of drug-likeness (QED) is 0.869. The molecule has 0 bridgehead atoms. The minimum atomic E-state index is -4.45. The molecule has 100 valence electrons. The van der Waals surface area contributed by atoms with Crippen molar-refractivity contribution in [2.24, 2.45) is 0 Å². The Morgan fingerprint density at radius 1 is 1.39 bits per heavy atom. The van der Waals surface area contributed by atoms with Crippen molar-refractivity contribution >= 4 is 5.97 Å². The normalized spacial score (nSPS) is 15.0. The number of carboxylic acid groups (broad SMARTS) is 1. The Balaban J connectivity index is 3.29. The highest BCUT2D eigenvalue weighted by Crippen LogP contribution is 2.38. The summed E-state index contributed by atoms with van der Waals surface area (Å²) in [6.45, 7) is 0.600. The van der Waals surface area contributed by atoms with Crippen LogP contribution in [0.15, 0.2) is 18.2 Å². The number of halogens is 3. The Labute approximate surface area is 101 Å². The van der Waals surface area contributed by atoms with Gasteiger partial charge in [-0.1, -0.05) is 6.07 Å². The van der Waals surface area contributed by atoms with Gasteiger partial charge in [0.15, 0.2) is 17.2 Å². The molecule has 0 aliphatic rings. The summed E-state index contributed by atoms with van der Waals surface area (Å²) >= 11 is 0. The first kappa shape index (κ1) is 14.3. The van der Waals surface area contributed by atoms with Crippen molar-refractivity contribution in [1.82, 2.24) is 0 Å². The third-order valence-electron chi connectivity index (χ3n) is 2.59. The van der Waals surface area contributed by atoms with E-state index in [1.54, 1.807) is 0 Å². The van der Waals surface area contributed by atoms with Crippen LogP contribution in [0.1, 0.15) is 12.5 Å². The maximum absolute atomic E-state index is 13.3. The number of carbonyl (C=O) groups is 1. The summed E-state index contributed by atoms with van der Waals surface area (Å²) in [5.74, 6) is -8.12. The number of rotatable bonds is 4. The molecule has 0 fully saturated rings. The molecule has 0 amide bonds. The molecule has 1 atom stereocenters. The smallest absolute Gasteiger partial charge is 0.378 e. The second-order valence-electron chi connectivity index (χ2n) is 3.80. The molecule has 0 spiro atoms. The van der Waals surface area contributed by atoms with Gasteiger partial charge in [0.1, 0.15) is 0 Å². The number of benzene rings is 1. The summed E-state index contributed by atoms with van der Waals surface area (Å²) < 4.78 is 44.6. The Bertz CT molecular complexity index is 471. The lowest BCUT2D eigenvalue weighted by atomic mass is 9.89. The van der Waals surface area contributed by atoms with Crippen molar-refractivity contribution in [3.63, 3.8) is 0 Å². The summed E-state index contributed by atoms with van der Waals surface area (Å²) in [6, 6.07) is 2.60. The van der Waals surface area contributed by atoms with Gasteiger partial charge in [-0.2, -0.15) is 8.78 Å². The van der Waals surface area contributed by atoms with Gasteiger partial charge in [0.05, 0.1) is 7.11 Å². The Morgan fingerprint density at radius 2 is 1.94 bits per heavy atom. The highest BCUT2D eigenvalue weighted by Gasteiger charge is 2.57. The molecule has 7 heteroatoms. The van der Waals surface area contributed by atoms with E-state index >= 15 is 0 Å². The second-order valence-corrected chi connectivity index (χ2v) is 3.80. The van der Waals surface area contributed by atoms with Crippen LogP contribution in [0.25, 0.3) is 0 Å². The number of hydrogen-bond acceptors (Lipinski definition) is 3. The van der Waals surface area contributed by atoms with E-state index in [4.69, 9.17) is 5.11 Å². The third kappa shape index (κ3) is 2.13.